The molecule has 2 rings (SSSR count). The lowest BCUT2D eigenvalue weighted by Gasteiger charge is -2.12. The third-order valence-electron chi connectivity index (χ3n) is 3.03. The normalized spacial score (nSPS) is 10.3. The molecule has 0 heterocycles. The highest BCUT2D eigenvalue weighted by Gasteiger charge is 2.10. The fourth-order valence-corrected chi connectivity index (χ4v) is 2.03. The lowest BCUT2D eigenvalue weighted by molar-refractivity contribution is -0.136. The molecule has 0 fully saturated rings. The van der Waals surface area contributed by atoms with Crippen LogP contribution in [0.3, 0.4) is 0 Å². The van der Waals surface area contributed by atoms with E-state index >= 15 is 0 Å². The van der Waals surface area contributed by atoms with Crippen molar-refractivity contribution >= 4 is 11.7 Å². The molecular formula is C15H15NO2. The second-order valence-corrected chi connectivity index (χ2v) is 4.25. The summed E-state index contributed by atoms with van der Waals surface area (Å²) in [4.78, 5) is 10.7. The van der Waals surface area contributed by atoms with Crippen LogP contribution in [0.25, 0.3) is 11.1 Å². The van der Waals surface area contributed by atoms with Crippen LogP contribution in [-0.4, -0.2) is 11.1 Å². The lowest BCUT2D eigenvalue weighted by Crippen LogP contribution is -2.05. The number of carboxylic acid groups (broad SMARTS) is 1. The molecule has 0 bridgehead atoms. The molecule has 92 valence electrons. The van der Waals surface area contributed by atoms with E-state index in [0.29, 0.717) is 11.3 Å². The van der Waals surface area contributed by atoms with Crippen molar-refractivity contribution in [3.05, 3.63) is 53.6 Å². The van der Waals surface area contributed by atoms with Gasteiger partial charge in [0.1, 0.15) is 0 Å². The molecule has 18 heavy (non-hydrogen) atoms. The van der Waals surface area contributed by atoms with Crippen LogP contribution in [-0.2, 0) is 11.2 Å². The first kappa shape index (κ1) is 12.2. The van der Waals surface area contributed by atoms with E-state index in [1.54, 1.807) is 6.07 Å². The minimum atomic E-state index is -0.867. The smallest absolute Gasteiger partial charge is 0.307 e. The summed E-state index contributed by atoms with van der Waals surface area (Å²) in [5, 5.41) is 8.81. The van der Waals surface area contributed by atoms with Crippen LogP contribution in [0.4, 0.5) is 5.69 Å². The molecule has 0 spiro atoms. The van der Waals surface area contributed by atoms with Gasteiger partial charge in [0, 0.05) is 5.69 Å². The predicted molar refractivity (Wildman–Crippen MR) is 72.4 cm³/mol. The molecule has 3 heteroatoms. The molecule has 0 atom stereocenters. The van der Waals surface area contributed by atoms with E-state index in [-0.39, 0.29) is 6.42 Å². The quantitative estimate of drug-likeness (QED) is 0.812. The highest BCUT2D eigenvalue weighted by Crippen LogP contribution is 2.29. The maximum Gasteiger partial charge on any atom is 0.307 e. The van der Waals surface area contributed by atoms with Gasteiger partial charge in [0.2, 0.25) is 0 Å². The minimum Gasteiger partial charge on any atom is -0.481 e. The van der Waals surface area contributed by atoms with Gasteiger partial charge in [-0.15, -0.1) is 0 Å². The van der Waals surface area contributed by atoms with Gasteiger partial charge in [0.05, 0.1) is 6.42 Å². The maximum atomic E-state index is 10.7. The fraction of sp³-hybridized carbons (Fsp3) is 0.133. The Labute approximate surface area is 106 Å². The largest absolute Gasteiger partial charge is 0.481 e. The molecule has 0 unspecified atom stereocenters. The zero-order valence-corrected chi connectivity index (χ0v) is 10.2. The molecule has 0 saturated heterocycles. The van der Waals surface area contributed by atoms with Gasteiger partial charge in [-0.1, -0.05) is 42.5 Å². The number of nitrogens with two attached hydrogens (primary N) is 1. The topological polar surface area (TPSA) is 63.3 Å². The molecular weight excluding hydrogens is 226 g/mol. The van der Waals surface area contributed by atoms with E-state index in [9.17, 15) is 4.79 Å². The summed E-state index contributed by atoms with van der Waals surface area (Å²) in [5.74, 6) is -0.867. The summed E-state index contributed by atoms with van der Waals surface area (Å²) in [6.45, 7) is 1.92. The number of hydrogen-bond donors (Lipinski definition) is 2. The van der Waals surface area contributed by atoms with Gasteiger partial charge in [-0.2, -0.15) is 0 Å². The Kier molecular flexibility index (Phi) is 3.33. The van der Waals surface area contributed by atoms with E-state index in [1.807, 2.05) is 43.3 Å². The Morgan fingerprint density at radius 2 is 1.83 bits per heavy atom. The Balaban J connectivity index is 2.47. The first-order chi connectivity index (χ1) is 8.59. The van der Waals surface area contributed by atoms with Crippen LogP contribution in [0, 0.1) is 6.92 Å². The number of hydrogen-bond acceptors (Lipinski definition) is 2. The van der Waals surface area contributed by atoms with Crippen LogP contribution in [0.1, 0.15) is 11.1 Å². The Morgan fingerprint density at radius 1 is 1.17 bits per heavy atom. The van der Waals surface area contributed by atoms with Gasteiger partial charge < -0.3 is 10.8 Å². The molecule has 0 amide bonds. The summed E-state index contributed by atoms with van der Waals surface area (Å²) in [5.41, 5.74) is 10.3. The predicted octanol–water partition coefficient (Wildman–Crippen LogP) is 2.87. The van der Waals surface area contributed by atoms with Gasteiger partial charge in [-0.05, 0) is 29.2 Å². The molecule has 0 aliphatic rings. The third kappa shape index (κ3) is 2.35. The summed E-state index contributed by atoms with van der Waals surface area (Å²) < 4.78 is 0. The Morgan fingerprint density at radius 3 is 2.44 bits per heavy atom. The first-order valence-electron chi connectivity index (χ1n) is 5.74. The van der Waals surface area contributed by atoms with Crippen molar-refractivity contribution in [1.82, 2.24) is 0 Å². The number of anilines is 1. The summed E-state index contributed by atoms with van der Waals surface area (Å²) in [6.07, 6.45) is -0.0399. The molecule has 0 aromatic heterocycles. The molecule has 0 saturated carbocycles. The van der Waals surface area contributed by atoms with Gasteiger partial charge in [-0.25, -0.2) is 0 Å². The van der Waals surface area contributed by atoms with E-state index in [0.717, 1.165) is 16.7 Å². The maximum absolute atomic E-state index is 10.7. The van der Waals surface area contributed by atoms with Crippen LogP contribution in [0.15, 0.2) is 42.5 Å². The fourth-order valence-electron chi connectivity index (χ4n) is 2.03. The SMILES string of the molecule is Cc1c(-c2ccccc2)ccc(CC(=O)O)c1N. The molecule has 3 N–H and O–H groups in total. The van der Waals surface area contributed by atoms with Gasteiger partial charge in [0.25, 0.3) is 0 Å². The first-order valence-corrected chi connectivity index (χ1v) is 5.74. The zero-order chi connectivity index (χ0) is 13.1. The monoisotopic (exact) mass is 241 g/mol. The standard InChI is InChI=1S/C15H15NO2/c1-10-13(11-5-3-2-4-6-11)8-7-12(15(10)16)9-14(17)18/h2-8H,9,16H2,1H3,(H,17,18). The number of benzene rings is 2. The summed E-state index contributed by atoms with van der Waals surface area (Å²) >= 11 is 0. The zero-order valence-electron chi connectivity index (χ0n) is 10.2. The molecule has 2 aromatic rings. The van der Waals surface area contributed by atoms with Crippen molar-refractivity contribution < 1.29 is 9.90 Å². The van der Waals surface area contributed by atoms with E-state index in [4.69, 9.17) is 10.8 Å². The van der Waals surface area contributed by atoms with Crippen LogP contribution in [0.2, 0.25) is 0 Å². The third-order valence-corrected chi connectivity index (χ3v) is 3.03. The average molecular weight is 241 g/mol. The van der Waals surface area contributed by atoms with Crippen molar-refractivity contribution in [1.29, 1.82) is 0 Å². The summed E-state index contributed by atoms with van der Waals surface area (Å²) in [7, 11) is 0. The number of carboxylic acids is 1. The number of rotatable bonds is 3. The van der Waals surface area contributed by atoms with E-state index in [2.05, 4.69) is 0 Å². The molecule has 3 nitrogen and oxygen atoms in total. The van der Waals surface area contributed by atoms with Gasteiger partial charge in [0.15, 0.2) is 0 Å². The van der Waals surface area contributed by atoms with Crippen molar-refractivity contribution in [3.8, 4) is 11.1 Å². The average Bonchev–Trinajstić information content (AvgIpc) is 2.36. The molecule has 0 aliphatic heterocycles. The molecule has 0 radical (unpaired) electrons. The second kappa shape index (κ2) is 4.92. The van der Waals surface area contributed by atoms with Crippen molar-refractivity contribution in [2.24, 2.45) is 0 Å². The van der Waals surface area contributed by atoms with Crippen molar-refractivity contribution in [2.75, 3.05) is 5.73 Å². The Bertz CT molecular complexity index is 577. The van der Waals surface area contributed by atoms with Crippen LogP contribution >= 0.6 is 0 Å². The number of aliphatic carboxylic acids is 1. The Hall–Kier alpha value is -2.29. The van der Waals surface area contributed by atoms with Crippen molar-refractivity contribution in [2.45, 2.75) is 13.3 Å². The van der Waals surface area contributed by atoms with Gasteiger partial charge in [-0.3, -0.25) is 4.79 Å². The number of nitrogen functional groups attached to an aromatic ring is 1. The van der Waals surface area contributed by atoms with Gasteiger partial charge >= 0.3 is 5.97 Å². The highest BCUT2D eigenvalue weighted by molar-refractivity contribution is 5.78. The van der Waals surface area contributed by atoms with Crippen molar-refractivity contribution in [3.63, 3.8) is 0 Å². The van der Waals surface area contributed by atoms with Crippen LogP contribution < -0.4 is 5.73 Å². The summed E-state index contributed by atoms with van der Waals surface area (Å²) in [6, 6.07) is 13.6. The van der Waals surface area contributed by atoms with E-state index in [1.165, 1.54) is 0 Å². The second-order valence-electron chi connectivity index (χ2n) is 4.25. The highest BCUT2D eigenvalue weighted by atomic mass is 16.4. The van der Waals surface area contributed by atoms with E-state index < -0.39 is 5.97 Å². The molecule has 0 aliphatic carbocycles. The number of carbonyl (C=O) groups is 1. The van der Waals surface area contributed by atoms with Crippen LogP contribution in [0.5, 0.6) is 0 Å². The minimum absolute atomic E-state index is 0.0399. The lowest BCUT2D eigenvalue weighted by atomic mass is 9.95. The molecule has 2 aromatic carbocycles.